The molecule has 0 unspecified atom stereocenters. The predicted molar refractivity (Wildman–Crippen MR) is 169 cm³/mol. The molecule has 0 aliphatic carbocycles. The van der Waals surface area contributed by atoms with Crippen molar-refractivity contribution in [2.24, 2.45) is 5.41 Å². The standard InChI is InChI=1S/C35H44FN5O2/c1-24-20-40(25(2)19-39(24)21-26-12-15-28(36)16-13-26)33(42)22-43-32-17-14-27(35(6,7)23-34(3,4)5)18-31(32)41-37-29-10-8-9-11-30(29)38-41/h8-18,24-25H,19-23H2,1-7H3/t24-,25+/m1/s1. The quantitative estimate of drug-likeness (QED) is 0.228. The summed E-state index contributed by atoms with van der Waals surface area (Å²) in [7, 11) is 0. The molecule has 228 valence electrons. The third kappa shape index (κ3) is 7.24. The van der Waals surface area contributed by atoms with Crippen LogP contribution in [0.2, 0.25) is 0 Å². The van der Waals surface area contributed by atoms with Crippen molar-refractivity contribution < 1.29 is 13.9 Å². The zero-order valence-corrected chi connectivity index (χ0v) is 26.5. The maximum atomic E-state index is 13.5. The molecular formula is C35H44FN5O2. The van der Waals surface area contributed by atoms with Gasteiger partial charge in [-0.1, -0.05) is 65.0 Å². The topological polar surface area (TPSA) is 63.5 Å². The molecule has 0 bridgehead atoms. The van der Waals surface area contributed by atoms with Gasteiger partial charge in [0.05, 0.1) is 0 Å². The summed E-state index contributed by atoms with van der Waals surface area (Å²) < 4.78 is 19.6. The van der Waals surface area contributed by atoms with Crippen molar-refractivity contribution in [1.82, 2.24) is 24.8 Å². The number of hydrogen-bond donors (Lipinski definition) is 0. The Bertz CT molecular complexity index is 1540. The van der Waals surface area contributed by atoms with E-state index in [0.29, 0.717) is 18.0 Å². The Labute approximate surface area is 254 Å². The number of rotatable bonds is 8. The first-order valence-corrected chi connectivity index (χ1v) is 15.2. The summed E-state index contributed by atoms with van der Waals surface area (Å²) in [5.74, 6) is 0.283. The highest BCUT2D eigenvalue weighted by atomic mass is 19.1. The number of piperazine rings is 1. The average molecular weight is 586 g/mol. The van der Waals surface area contributed by atoms with Gasteiger partial charge in [0.2, 0.25) is 0 Å². The molecule has 5 rings (SSSR count). The molecule has 1 fully saturated rings. The van der Waals surface area contributed by atoms with Crippen LogP contribution in [0.3, 0.4) is 0 Å². The summed E-state index contributed by atoms with van der Waals surface area (Å²) in [6, 6.07) is 20.7. The first-order chi connectivity index (χ1) is 20.3. The molecule has 1 aliphatic rings. The molecule has 3 aromatic carbocycles. The first kappa shape index (κ1) is 30.7. The van der Waals surface area contributed by atoms with Crippen LogP contribution in [0.15, 0.2) is 66.7 Å². The molecule has 0 spiro atoms. The van der Waals surface area contributed by atoms with Crippen molar-refractivity contribution in [3.05, 3.63) is 83.7 Å². The van der Waals surface area contributed by atoms with Gasteiger partial charge in [-0.3, -0.25) is 9.69 Å². The van der Waals surface area contributed by atoms with Gasteiger partial charge in [0.1, 0.15) is 28.3 Å². The second-order valence-corrected chi connectivity index (χ2v) is 13.9. The molecule has 0 N–H and O–H groups in total. The lowest BCUT2D eigenvalue weighted by Gasteiger charge is -2.44. The highest BCUT2D eigenvalue weighted by Crippen LogP contribution is 2.38. The van der Waals surface area contributed by atoms with Crippen molar-refractivity contribution in [3.8, 4) is 11.4 Å². The number of benzene rings is 3. The lowest BCUT2D eigenvalue weighted by atomic mass is 9.72. The highest BCUT2D eigenvalue weighted by Gasteiger charge is 2.33. The minimum atomic E-state index is -0.233. The summed E-state index contributed by atoms with van der Waals surface area (Å²) in [6.45, 7) is 17.4. The summed E-state index contributed by atoms with van der Waals surface area (Å²) in [5.41, 5.74) is 4.60. The van der Waals surface area contributed by atoms with E-state index in [2.05, 4.69) is 65.5 Å². The van der Waals surface area contributed by atoms with E-state index in [-0.39, 0.29) is 41.2 Å². The van der Waals surface area contributed by atoms with Crippen LogP contribution in [0.1, 0.15) is 66.0 Å². The van der Waals surface area contributed by atoms with E-state index < -0.39 is 0 Å². The molecule has 8 heteroatoms. The largest absolute Gasteiger partial charge is 0.481 e. The number of carbonyl (C=O) groups is 1. The predicted octanol–water partition coefficient (Wildman–Crippen LogP) is 6.77. The molecule has 1 saturated heterocycles. The Morgan fingerprint density at radius 2 is 1.56 bits per heavy atom. The van der Waals surface area contributed by atoms with Crippen LogP contribution in [0.25, 0.3) is 16.7 Å². The smallest absolute Gasteiger partial charge is 0.260 e. The van der Waals surface area contributed by atoms with E-state index in [1.165, 1.54) is 12.1 Å². The fraction of sp³-hybridized carbons (Fsp3) is 0.457. The maximum absolute atomic E-state index is 13.5. The molecule has 4 aromatic rings. The van der Waals surface area contributed by atoms with Gasteiger partial charge in [-0.2, -0.15) is 0 Å². The van der Waals surface area contributed by atoms with Crippen LogP contribution in [0, 0.1) is 11.2 Å². The lowest BCUT2D eigenvalue weighted by Crippen LogP contribution is -2.58. The zero-order valence-electron chi connectivity index (χ0n) is 26.5. The number of aromatic nitrogens is 3. The van der Waals surface area contributed by atoms with Crippen LogP contribution in [-0.4, -0.2) is 62.5 Å². The lowest BCUT2D eigenvalue weighted by molar-refractivity contribution is -0.139. The van der Waals surface area contributed by atoms with Crippen LogP contribution in [-0.2, 0) is 16.8 Å². The van der Waals surface area contributed by atoms with Gasteiger partial charge >= 0.3 is 0 Å². The van der Waals surface area contributed by atoms with Crippen LogP contribution < -0.4 is 4.74 Å². The number of halogens is 1. The van der Waals surface area contributed by atoms with Gasteiger partial charge in [-0.15, -0.1) is 15.0 Å². The van der Waals surface area contributed by atoms with Crippen molar-refractivity contribution in [2.45, 2.75) is 78.9 Å². The SMILES string of the molecule is C[C@@H]1CN(C(=O)COc2ccc(C(C)(C)CC(C)(C)C)cc2-n2nc3ccccc3n2)[C@@H](C)CN1Cc1ccc(F)cc1. The fourth-order valence-electron chi connectivity index (χ4n) is 6.42. The Morgan fingerprint density at radius 3 is 2.19 bits per heavy atom. The van der Waals surface area contributed by atoms with Gasteiger partial charge in [-0.05, 0) is 78.6 Å². The van der Waals surface area contributed by atoms with Crippen molar-refractivity contribution >= 4 is 16.9 Å². The number of amides is 1. The Kier molecular flexibility index (Phi) is 8.61. The van der Waals surface area contributed by atoms with Crippen LogP contribution in [0.4, 0.5) is 4.39 Å². The Morgan fingerprint density at radius 1 is 0.907 bits per heavy atom. The van der Waals surface area contributed by atoms with Gasteiger partial charge < -0.3 is 9.64 Å². The maximum Gasteiger partial charge on any atom is 0.260 e. The van der Waals surface area contributed by atoms with Crippen molar-refractivity contribution in [2.75, 3.05) is 19.7 Å². The molecule has 1 aliphatic heterocycles. The van der Waals surface area contributed by atoms with E-state index >= 15 is 0 Å². The van der Waals surface area contributed by atoms with Crippen LogP contribution >= 0.6 is 0 Å². The normalized spacial score (nSPS) is 18.3. The zero-order chi connectivity index (χ0) is 30.9. The van der Waals surface area contributed by atoms with Gasteiger partial charge in [0.25, 0.3) is 5.91 Å². The van der Waals surface area contributed by atoms with E-state index in [0.717, 1.165) is 41.7 Å². The third-order valence-electron chi connectivity index (χ3n) is 8.30. The van der Waals surface area contributed by atoms with E-state index in [9.17, 15) is 9.18 Å². The monoisotopic (exact) mass is 585 g/mol. The van der Waals surface area contributed by atoms with E-state index in [1.807, 2.05) is 47.4 Å². The van der Waals surface area contributed by atoms with Gasteiger partial charge in [0.15, 0.2) is 6.61 Å². The molecule has 1 aromatic heterocycles. The summed E-state index contributed by atoms with van der Waals surface area (Å²) in [5, 5.41) is 9.46. The molecule has 43 heavy (non-hydrogen) atoms. The Hall–Kier alpha value is -3.78. The van der Waals surface area contributed by atoms with E-state index in [4.69, 9.17) is 14.9 Å². The molecule has 0 saturated carbocycles. The summed E-state index contributed by atoms with van der Waals surface area (Å²) in [6.07, 6.45) is 0.996. The highest BCUT2D eigenvalue weighted by molar-refractivity contribution is 5.78. The molecule has 2 atom stereocenters. The van der Waals surface area contributed by atoms with Gasteiger partial charge in [-0.25, -0.2) is 4.39 Å². The Balaban J connectivity index is 1.34. The van der Waals surface area contributed by atoms with Crippen molar-refractivity contribution in [1.29, 1.82) is 0 Å². The first-order valence-electron chi connectivity index (χ1n) is 15.2. The number of carbonyl (C=O) groups excluding carboxylic acids is 1. The second-order valence-electron chi connectivity index (χ2n) is 13.9. The molecule has 2 heterocycles. The van der Waals surface area contributed by atoms with Crippen molar-refractivity contribution in [3.63, 3.8) is 0 Å². The molecule has 0 radical (unpaired) electrons. The molecule has 7 nitrogen and oxygen atoms in total. The fourth-order valence-corrected chi connectivity index (χ4v) is 6.42. The van der Waals surface area contributed by atoms with Crippen LogP contribution in [0.5, 0.6) is 5.75 Å². The number of hydrogen-bond acceptors (Lipinski definition) is 5. The van der Waals surface area contributed by atoms with Gasteiger partial charge in [0, 0.05) is 31.7 Å². The minimum Gasteiger partial charge on any atom is -0.481 e. The second kappa shape index (κ2) is 12.1. The molecule has 1 amide bonds. The summed E-state index contributed by atoms with van der Waals surface area (Å²) >= 11 is 0. The molecular weight excluding hydrogens is 541 g/mol. The number of nitrogens with zero attached hydrogens (tertiary/aromatic N) is 5. The number of fused-ring (bicyclic) bond motifs is 1. The van der Waals surface area contributed by atoms with E-state index in [1.54, 1.807) is 4.80 Å². The summed E-state index contributed by atoms with van der Waals surface area (Å²) in [4.78, 5) is 19.4. The third-order valence-corrected chi connectivity index (χ3v) is 8.30. The minimum absolute atomic E-state index is 0.0193. The number of ether oxygens (including phenoxy) is 1. The average Bonchev–Trinajstić information content (AvgIpc) is 3.37.